The molecule has 0 saturated carbocycles. The van der Waals surface area contributed by atoms with E-state index in [-0.39, 0.29) is 45.2 Å². The molecule has 0 atom stereocenters. The molecule has 10 heteroatoms. The average molecular weight is 414 g/mol. The van der Waals surface area contributed by atoms with E-state index in [9.17, 15) is 0 Å². The molecule has 0 spiro atoms. The van der Waals surface area contributed by atoms with Gasteiger partial charge in [0.15, 0.2) is 0 Å². The number of rotatable bonds is 0. The molecule has 0 unspecified atom stereocenters. The van der Waals surface area contributed by atoms with Gasteiger partial charge in [0.25, 0.3) is 0 Å². The number of hydrogen-bond donors (Lipinski definition) is 0. The summed E-state index contributed by atoms with van der Waals surface area (Å²) in [6.45, 7) is 4.14. The van der Waals surface area contributed by atoms with E-state index in [1.165, 1.54) is 0 Å². The Morgan fingerprint density at radius 1 is 0.625 bits per heavy atom. The summed E-state index contributed by atoms with van der Waals surface area (Å²) in [5.74, 6) is 0. The molecule has 0 aliphatic carbocycles. The fourth-order valence-electron chi connectivity index (χ4n) is 0. The molecular formula is C6H26Mo2N2O6. The van der Waals surface area contributed by atoms with Gasteiger partial charge in [-0.1, -0.05) is 0 Å². The van der Waals surface area contributed by atoms with Gasteiger partial charge in [0.1, 0.15) is 0 Å². The summed E-state index contributed by atoms with van der Waals surface area (Å²) < 4.78 is 5.88. The molecule has 0 bridgehead atoms. The monoisotopic (exact) mass is 418 g/mol. The first-order chi connectivity index (χ1) is 3.83. The van der Waals surface area contributed by atoms with Crippen molar-refractivity contribution in [2.45, 2.75) is 26.7 Å². The molecule has 0 aromatic heterocycles. The van der Waals surface area contributed by atoms with E-state index < -0.39 is 0 Å². The van der Waals surface area contributed by atoms with Gasteiger partial charge in [-0.3, -0.25) is 0 Å². The van der Waals surface area contributed by atoms with E-state index >= 15 is 0 Å². The molecule has 0 radical (unpaired) electrons. The Kier molecular flexibility index (Phi) is 906. The van der Waals surface area contributed by atoms with Crippen LogP contribution in [0.15, 0.2) is 0 Å². The van der Waals surface area contributed by atoms with E-state index in [0.29, 0.717) is 0 Å². The zero-order valence-electron chi connectivity index (χ0n) is 9.39. The summed E-state index contributed by atoms with van der Waals surface area (Å²) in [5, 5.41) is 0. The summed E-state index contributed by atoms with van der Waals surface area (Å²) in [7, 11) is 0. The van der Waals surface area contributed by atoms with Crippen LogP contribution < -0.4 is 0 Å². The standard InChI is InChI=1S/2C3H5.2Mo.2H2N.6H2O/c2*1-3-2;;;;;;;;;;/h2*3H2,1H3;;;8*1H2/q;;2*+1;2*-1;;;;;;. The smallest absolute Gasteiger partial charge is 0.412 e. The minimum absolute atomic E-state index is 0. The normalized spacial score (nSPS) is 2.50. The van der Waals surface area contributed by atoms with E-state index in [1.807, 2.05) is 38.3 Å². The third-order valence-electron chi connectivity index (χ3n) is 0.289. The van der Waals surface area contributed by atoms with Crippen LogP contribution >= 0.6 is 0 Å². The maximum absolute atomic E-state index is 2.94. The van der Waals surface area contributed by atoms with Gasteiger partial charge >= 0.3 is 73.4 Å². The van der Waals surface area contributed by atoms with E-state index in [0.717, 1.165) is 12.8 Å². The van der Waals surface area contributed by atoms with Gasteiger partial charge in [-0.25, -0.2) is 0 Å². The maximum Gasteiger partial charge on any atom is -0.412 e. The molecular weight excluding hydrogens is 388 g/mol. The van der Waals surface area contributed by atoms with Crippen molar-refractivity contribution in [1.29, 1.82) is 0 Å². The molecule has 0 heterocycles. The Morgan fingerprint density at radius 2 is 0.688 bits per heavy atom. The van der Waals surface area contributed by atoms with Crippen molar-refractivity contribution in [3.8, 4) is 8.40 Å². The Morgan fingerprint density at radius 3 is 0.688 bits per heavy atom. The van der Waals surface area contributed by atoms with Crippen molar-refractivity contribution in [3.05, 3.63) is 12.3 Å². The SMILES string of the molecule is CC[C]#[Mo+].CC[C]#[Mo+].O.O.O.O.O.O.[NH2-].[NH2-]. The average Bonchev–Trinajstić information content (AvgIpc) is 1.88. The first-order valence-corrected chi connectivity index (χ1v) is 4.54. The second-order valence-electron chi connectivity index (χ2n) is 0.996. The Balaban J connectivity index is -0.00000000375. The van der Waals surface area contributed by atoms with Crippen molar-refractivity contribution in [2.75, 3.05) is 0 Å². The molecule has 0 aromatic rings. The molecule has 0 aliphatic heterocycles. The van der Waals surface area contributed by atoms with Gasteiger partial charge < -0.3 is 45.2 Å². The summed E-state index contributed by atoms with van der Waals surface area (Å²) in [6, 6.07) is 0. The van der Waals surface area contributed by atoms with Crippen LogP contribution in [0.4, 0.5) is 0 Å². The van der Waals surface area contributed by atoms with Crippen LogP contribution in [0.1, 0.15) is 26.7 Å². The third-order valence-corrected chi connectivity index (χ3v) is 1.71. The fourth-order valence-corrected chi connectivity index (χ4v) is 0. The number of nitrogens with two attached hydrogens (primary N) is 2. The van der Waals surface area contributed by atoms with Crippen molar-refractivity contribution >= 4 is 0 Å². The molecule has 0 amide bonds. The molecule has 0 aliphatic rings. The molecule has 0 rings (SSSR count). The molecule has 16 heavy (non-hydrogen) atoms. The zero-order chi connectivity index (χ0) is 6.83. The molecule has 16 N–H and O–H groups in total. The summed E-state index contributed by atoms with van der Waals surface area (Å²) in [6.07, 6.45) is 2.15. The summed E-state index contributed by atoms with van der Waals surface area (Å²) >= 11 is 3.75. The fraction of sp³-hybridized carbons (Fsp3) is 0.667. The Labute approximate surface area is 118 Å². The minimum atomic E-state index is 0. The van der Waals surface area contributed by atoms with Gasteiger partial charge in [0, 0.05) is 0 Å². The maximum atomic E-state index is 2.94. The van der Waals surface area contributed by atoms with Gasteiger partial charge in [-0.05, 0) is 0 Å². The third kappa shape index (κ3) is 396. The van der Waals surface area contributed by atoms with Gasteiger partial charge in [0.05, 0.1) is 0 Å². The van der Waals surface area contributed by atoms with E-state index in [4.69, 9.17) is 0 Å². The predicted molar refractivity (Wildman–Crippen MR) is 60.6 cm³/mol. The zero-order valence-corrected chi connectivity index (χ0v) is 13.4. The second-order valence-corrected chi connectivity index (χ2v) is 2.41. The van der Waals surface area contributed by atoms with Crippen LogP contribution in [0.3, 0.4) is 0 Å². The van der Waals surface area contributed by atoms with Crippen LogP contribution in [0.5, 0.6) is 0 Å². The quantitative estimate of drug-likeness (QED) is 0.401. The van der Waals surface area contributed by atoms with Gasteiger partial charge in [-0.15, -0.1) is 0 Å². The van der Waals surface area contributed by atoms with Crippen LogP contribution in [0.2, 0.25) is 0 Å². The van der Waals surface area contributed by atoms with Gasteiger partial charge in [-0.2, -0.15) is 0 Å². The summed E-state index contributed by atoms with van der Waals surface area (Å²) in [5.41, 5.74) is 0. The largest absolute Gasteiger partial charge is 0.693 e. The van der Waals surface area contributed by atoms with Gasteiger partial charge in [0.2, 0.25) is 0 Å². The minimum Gasteiger partial charge on any atom is -0.693 e. The topological polar surface area (TPSA) is 256 Å². The first kappa shape index (κ1) is 92.6. The van der Waals surface area contributed by atoms with Crippen LogP contribution in [-0.2, 0) is 38.3 Å². The molecule has 0 aromatic carbocycles. The summed E-state index contributed by atoms with van der Waals surface area (Å²) in [4.78, 5) is 0. The van der Waals surface area contributed by atoms with Crippen molar-refractivity contribution < 1.29 is 71.2 Å². The van der Waals surface area contributed by atoms with Crippen molar-refractivity contribution in [2.24, 2.45) is 0 Å². The Bertz CT molecular complexity index is 103. The Hall–Kier alpha value is 0.617. The molecule has 8 nitrogen and oxygen atoms in total. The first-order valence-electron chi connectivity index (χ1n) is 2.53. The van der Waals surface area contributed by atoms with Crippen molar-refractivity contribution in [1.82, 2.24) is 0 Å². The predicted octanol–water partition coefficient (Wildman–Crippen LogP) is -1.71. The van der Waals surface area contributed by atoms with E-state index in [2.05, 4.69) is 22.3 Å². The van der Waals surface area contributed by atoms with Crippen LogP contribution in [0, 0.1) is 8.40 Å². The van der Waals surface area contributed by atoms with Crippen molar-refractivity contribution in [3.63, 3.8) is 0 Å². The van der Waals surface area contributed by atoms with Crippen LogP contribution in [0.25, 0.3) is 12.3 Å². The van der Waals surface area contributed by atoms with E-state index in [1.54, 1.807) is 0 Å². The number of hydrogen-bond acceptors (Lipinski definition) is 0. The second kappa shape index (κ2) is 157. The van der Waals surface area contributed by atoms with Crippen LogP contribution in [-0.4, -0.2) is 32.9 Å². The molecule has 0 fully saturated rings. The molecule has 108 valence electrons. The molecule has 0 saturated heterocycles.